The van der Waals surface area contributed by atoms with Crippen LogP contribution in [0.3, 0.4) is 0 Å². The van der Waals surface area contributed by atoms with E-state index in [-0.39, 0.29) is 11.7 Å². The molecule has 1 aromatic carbocycles. The molecule has 0 radical (unpaired) electrons. The normalized spacial score (nSPS) is 10.5. The van der Waals surface area contributed by atoms with Crippen molar-refractivity contribution in [1.82, 2.24) is 14.9 Å². The van der Waals surface area contributed by atoms with E-state index in [0.29, 0.717) is 12.2 Å². The summed E-state index contributed by atoms with van der Waals surface area (Å²) in [6.45, 7) is 0.454. The molecule has 23 heavy (non-hydrogen) atoms. The van der Waals surface area contributed by atoms with Crippen LogP contribution in [0.5, 0.6) is 5.75 Å². The predicted molar refractivity (Wildman–Crippen MR) is 89.2 cm³/mol. The molecule has 0 unspecified atom stereocenters. The summed E-state index contributed by atoms with van der Waals surface area (Å²) in [6, 6.07) is 12.4. The smallest absolute Gasteiger partial charge is 0.273 e. The Kier molecular flexibility index (Phi) is 4.34. The van der Waals surface area contributed by atoms with Crippen LogP contribution >= 0.6 is 11.3 Å². The van der Waals surface area contributed by atoms with Crippen molar-refractivity contribution in [2.75, 3.05) is 7.05 Å². The van der Waals surface area contributed by atoms with Crippen molar-refractivity contribution in [3.05, 3.63) is 65.3 Å². The van der Waals surface area contributed by atoms with E-state index >= 15 is 0 Å². The van der Waals surface area contributed by atoms with Crippen molar-refractivity contribution in [2.24, 2.45) is 0 Å². The fourth-order valence-corrected chi connectivity index (χ4v) is 2.89. The van der Waals surface area contributed by atoms with Crippen LogP contribution in [-0.4, -0.2) is 32.9 Å². The molecule has 0 atom stereocenters. The lowest BCUT2D eigenvalue weighted by Crippen LogP contribution is -2.26. The Bertz CT molecular complexity index is 800. The fraction of sp³-hybridized carbons (Fsp3) is 0.118. The van der Waals surface area contributed by atoms with Gasteiger partial charge in [-0.15, -0.1) is 11.3 Å². The number of amides is 1. The number of aromatic hydroxyl groups is 1. The summed E-state index contributed by atoms with van der Waals surface area (Å²) in [5.74, 6) is 0.0683. The second-order valence-electron chi connectivity index (χ2n) is 5.08. The fourth-order valence-electron chi connectivity index (χ4n) is 2.12. The van der Waals surface area contributed by atoms with Crippen molar-refractivity contribution < 1.29 is 9.90 Å². The topological polar surface area (TPSA) is 66.3 Å². The Labute approximate surface area is 137 Å². The Hall–Kier alpha value is -2.73. The maximum absolute atomic E-state index is 12.5. The molecular weight excluding hydrogens is 310 g/mol. The van der Waals surface area contributed by atoms with E-state index < -0.39 is 0 Å². The summed E-state index contributed by atoms with van der Waals surface area (Å²) in [4.78, 5) is 22.7. The highest BCUT2D eigenvalue weighted by atomic mass is 32.1. The number of pyridine rings is 1. The van der Waals surface area contributed by atoms with E-state index in [1.54, 1.807) is 47.8 Å². The molecule has 1 amide bonds. The molecule has 0 saturated carbocycles. The molecule has 2 heterocycles. The number of phenols is 1. The van der Waals surface area contributed by atoms with Crippen LogP contribution in [0, 0.1) is 0 Å². The molecule has 3 rings (SSSR count). The molecule has 0 aliphatic carbocycles. The number of carbonyl (C=O) groups excluding carboxylic acids is 1. The van der Waals surface area contributed by atoms with Crippen molar-refractivity contribution in [3.63, 3.8) is 0 Å². The minimum Gasteiger partial charge on any atom is -0.508 e. The Morgan fingerprint density at radius 2 is 2.00 bits per heavy atom. The Morgan fingerprint density at radius 3 is 2.70 bits per heavy atom. The number of benzene rings is 1. The lowest BCUT2D eigenvalue weighted by molar-refractivity contribution is 0.0780. The van der Waals surface area contributed by atoms with E-state index in [9.17, 15) is 9.90 Å². The highest BCUT2D eigenvalue weighted by Gasteiger charge is 2.16. The van der Waals surface area contributed by atoms with E-state index in [0.717, 1.165) is 16.3 Å². The third-order valence-electron chi connectivity index (χ3n) is 3.31. The lowest BCUT2D eigenvalue weighted by Gasteiger charge is -2.16. The van der Waals surface area contributed by atoms with Gasteiger partial charge in [0.25, 0.3) is 5.91 Å². The molecule has 116 valence electrons. The van der Waals surface area contributed by atoms with Crippen molar-refractivity contribution >= 4 is 17.2 Å². The van der Waals surface area contributed by atoms with Gasteiger partial charge in [-0.1, -0.05) is 18.2 Å². The van der Waals surface area contributed by atoms with Crippen LogP contribution in [0.4, 0.5) is 0 Å². The average Bonchev–Trinajstić information content (AvgIpc) is 3.07. The molecule has 0 bridgehead atoms. The first kappa shape index (κ1) is 15.2. The molecule has 6 heteroatoms. The second kappa shape index (κ2) is 6.58. The summed E-state index contributed by atoms with van der Waals surface area (Å²) < 4.78 is 0. The number of carbonyl (C=O) groups is 1. The average molecular weight is 325 g/mol. The van der Waals surface area contributed by atoms with Crippen LogP contribution in [0.1, 0.15) is 16.1 Å². The molecule has 5 nitrogen and oxygen atoms in total. The zero-order chi connectivity index (χ0) is 16.2. The quantitative estimate of drug-likeness (QED) is 0.800. The lowest BCUT2D eigenvalue weighted by atomic mass is 10.2. The van der Waals surface area contributed by atoms with Crippen LogP contribution in [0.2, 0.25) is 0 Å². The summed E-state index contributed by atoms with van der Waals surface area (Å²) in [5, 5.41) is 11.8. The van der Waals surface area contributed by atoms with Gasteiger partial charge in [-0.3, -0.25) is 9.78 Å². The molecule has 3 aromatic rings. The highest BCUT2D eigenvalue weighted by molar-refractivity contribution is 7.13. The zero-order valence-corrected chi connectivity index (χ0v) is 13.3. The third-order valence-corrected chi connectivity index (χ3v) is 4.17. The second-order valence-corrected chi connectivity index (χ2v) is 5.94. The van der Waals surface area contributed by atoms with Gasteiger partial charge in [-0.05, 0) is 29.8 Å². The number of thiazole rings is 1. The first-order valence-electron chi connectivity index (χ1n) is 7.04. The van der Waals surface area contributed by atoms with Gasteiger partial charge in [-0.25, -0.2) is 4.98 Å². The summed E-state index contributed by atoms with van der Waals surface area (Å²) in [5.41, 5.74) is 2.12. The van der Waals surface area contributed by atoms with Crippen LogP contribution in [0.15, 0.2) is 54.0 Å². The van der Waals surface area contributed by atoms with Crippen molar-refractivity contribution in [2.45, 2.75) is 6.54 Å². The molecule has 2 aromatic heterocycles. The molecule has 0 aliphatic heterocycles. The minimum atomic E-state index is -0.142. The number of rotatable bonds is 4. The van der Waals surface area contributed by atoms with Crippen molar-refractivity contribution in [3.8, 4) is 16.5 Å². The van der Waals surface area contributed by atoms with Gasteiger partial charge >= 0.3 is 0 Å². The van der Waals surface area contributed by atoms with Crippen LogP contribution < -0.4 is 0 Å². The Balaban J connectivity index is 1.72. The molecule has 0 fully saturated rings. The molecule has 0 aliphatic rings. The van der Waals surface area contributed by atoms with Gasteiger partial charge in [0.15, 0.2) is 0 Å². The summed E-state index contributed by atoms with van der Waals surface area (Å²) in [7, 11) is 1.73. The maximum atomic E-state index is 12.5. The largest absolute Gasteiger partial charge is 0.508 e. The van der Waals surface area contributed by atoms with E-state index in [1.807, 2.05) is 18.2 Å². The van der Waals surface area contributed by atoms with Crippen molar-refractivity contribution in [1.29, 1.82) is 0 Å². The summed E-state index contributed by atoms with van der Waals surface area (Å²) >= 11 is 1.40. The number of phenolic OH excluding ortho intramolecular Hbond substituents is 1. The molecule has 0 saturated heterocycles. The number of hydrogen-bond acceptors (Lipinski definition) is 5. The molecule has 1 N–H and O–H groups in total. The van der Waals surface area contributed by atoms with Crippen LogP contribution in [0.25, 0.3) is 10.7 Å². The third kappa shape index (κ3) is 3.54. The SMILES string of the molecule is CN(Cc1ccc(O)cc1)C(=O)c1csc(-c2ccccn2)n1. The Morgan fingerprint density at radius 1 is 1.22 bits per heavy atom. The number of aromatic nitrogens is 2. The van der Waals surface area contributed by atoms with E-state index in [1.165, 1.54) is 11.3 Å². The molecular formula is C17H15N3O2S. The number of nitrogens with zero attached hydrogens (tertiary/aromatic N) is 3. The summed E-state index contributed by atoms with van der Waals surface area (Å²) in [6.07, 6.45) is 1.70. The van der Waals surface area contributed by atoms with Gasteiger partial charge < -0.3 is 10.0 Å². The predicted octanol–water partition coefficient (Wildman–Crippen LogP) is 3.18. The maximum Gasteiger partial charge on any atom is 0.273 e. The van der Waals surface area contributed by atoms with Gasteiger partial charge in [0, 0.05) is 25.2 Å². The van der Waals surface area contributed by atoms with Gasteiger partial charge in [0.05, 0.1) is 5.69 Å². The van der Waals surface area contributed by atoms with Gasteiger partial charge in [0.2, 0.25) is 0 Å². The van der Waals surface area contributed by atoms with E-state index in [4.69, 9.17) is 0 Å². The first-order chi connectivity index (χ1) is 11.1. The standard InChI is InChI=1S/C17H15N3O2S/c1-20(10-12-5-7-13(21)8-6-12)17(22)15-11-23-16(19-15)14-4-2-3-9-18-14/h2-9,11,21H,10H2,1H3. The van der Waals surface area contributed by atoms with Crippen LogP contribution in [-0.2, 0) is 6.54 Å². The van der Waals surface area contributed by atoms with E-state index in [2.05, 4.69) is 9.97 Å². The van der Waals surface area contributed by atoms with Gasteiger partial charge in [-0.2, -0.15) is 0 Å². The highest BCUT2D eigenvalue weighted by Crippen LogP contribution is 2.22. The zero-order valence-electron chi connectivity index (χ0n) is 12.5. The minimum absolute atomic E-state index is 0.142. The first-order valence-corrected chi connectivity index (χ1v) is 7.92. The molecule has 0 spiro atoms. The number of hydrogen-bond donors (Lipinski definition) is 1. The monoisotopic (exact) mass is 325 g/mol. The van der Waals surface area contributed by atoms with Gasteiger partial charge in [0.1, 0.15) is 16.5 Å².